The number of fused-ring (bicyclic) bond motifs is 1. The predicted molar refractivity (Wildman–Crippen MR) is 71.0 cm³/mol. The molecule has 0 aromatic carbocycles. The molecule has 0 spiro atoms. The predicted octanol–water partition coefficient (Wildman–Crippen LogP) is 0.889. The lowest BCUT2D eigenvalue weighted by atomic mass is 9.94. The molecule has 1 aromatic heterocycles. The Balaban J connectivity index is 1.78. The Hall–Kier alpha value is -1.76. The first-order chi connectivity index (χ1) is 10.2. The Morgan fingerprint density at radius 1 is 1.48 bits per heavy atom. The molecule has 3 rings (SSSR count). The lowest BCUT2D eigenvalue weighted by Crippen LogP contribution is -2.47. The van der Waals surface area contributed by atoms with E-state index in [1.54, 1.807) is 0 Å². The van der Waals surface area contributed by atoms with Crippen molar-refractivity contribution in [3.63, 3.8) is 0 Å². The van der Waals surface area contributed by atoms with E-state index in [9.17, 15) is 13.6 Å². The van der Waals surface area contributed by atoms with Gasteiger partial charge in [-0.2, -0.15) is 0 Å². The van der Waals surface area contributed by atoms with Crippen LogP contribution in [0.4, 0.5) is 8.78 Å². The molecule has 1 N–H and O–H groups in total. The van der Waals surface area contributed by atoms with Gasteiger partial charge in [-0.1, -0.05) is 0 Å². The summed E-state index contributed by atoms with van der Waals surface area (Å²) in [5.74, 6) is -1.26. The Morgan fingerprint density at radius 3 is 3.14 bits per heavy atom. The Kier molecular flexibility index (Phi) is 4.01. The number of hydrogen-bond acceptors (Lipinski definition) is 4. The van der Waals surface area contributed by atoms with E-state index in [4.69, 9.17) is 4.74 Å². The average Bonchev–Trinajstić information content (AvgIpc) is 2.70. The number of piperidine rings is 1. The number of hydrogen-bond donors (Lipinski definition) is 1. The van der Waals surface area contributed by atoms with Gasteiger partial charge in [0.1, 0.15) is 12.8 Å². The lowest BCUT2D eigenvalue weighted by molar-refractivity contribution is -0.139. The van der Waals surface area contributed by atoms with Crippen LogP contribution in [0.1, 0.15) is 12.0 Å². The second-order valence-corrected chi connectivity index (χ2v) is 5.33. The van der Waals surface area contributed by atoms with E-state index < -0.39 is 17.9 Å². The van der Waals surface area contributed by atoms with Crippen molar-refractivity contribution in [1.82, 2.24) is 15.2 Å². The summed E-state index contributed by atoms with van der Waals surface area (Å²) in [5.41, 5.74) is 0.519. The van der Waals surface area contributed by atoms with Gasteiger partial charge in [-0.3, -0.25) is 9.78 Å². The van der Waals surface area contributed by atoms with Gasteiger partial charge in [-0.15, -0.1) is 0 Å². The van der Waals surface area contributed by atoms with E-state index in [0.717, 1.165) is 6.20 Å². The van der Waals surface area contributed by atoms with Crippen LogP contribution in [-0.4, -0.2) is 48.2 Å². The SMILES string of the molecule is O=C(C1CCNC[C@@H]1F)N1CCOc2c(F)cncc2C1. The van der Waals surface area contributed by atoms with E-state index in [0.29, 0.717) is 25.1 Å². The zero-order valence-corrected chi connectivity index (χ0v) is 11.5. The van der Waals surface area contributed by atoms with Gasteiger partial charge in [0.2, 0.25) is 5.91 Å². The van der Waals surface area contributed by atoms with Crippen molar-refractivity contribution in [3.05, 3.63) is 23.8 Å². The quantitative estimate of drug-likeness (QED) is 0.836. The molecule has 0 aliphatic carbocycles. The van der Waals surface area contributed by atoms with Crippen LogP contribution in [0.5, 0.6) is 5.75 Å². The average molecular weight is 297 g/mol. The number of rotatable bonds is 1. The van der Waals surface area contributed by atoms with Gasteiger partial charge >= 0.3 is 0 Å². The molecule has 0 saturated carbocycles. The molecule has 21 heavy (non-hydrogen) atoms. The van der Waals surface area contributed by atoms with Crippen LogP contribution in [0.2, 0.25) is 0 Å². The highest BCUT2D eigenvalue weighted by molar-refractivity contribution is 5.79. The largest absolute Gasteiger partial charge is 0.488 e. The molecule has 2 aliphatic rings. The zero-order chi connectivity index (χ0) is 14.8. The Labute approximate surface area is 121 Å². The van der Waals surface area contributed by atoms with Gasteiger partial charge in [0.15, 0.2) is 11.6 Å². The first-order valence-electron chi connectivity index (χ1n) is 7.05. The molecule has 2 aliphatic heterocycles. The fourth-order valence-corrected chi connectivity index (χ4v) is 2.80. The number of ether oxygens (including phenoxy) is 1. The van der Waals surface area contributed by atoms with Gasteiger partial charge in [-0.05, 0) is 13.0 Å². The molecule has 1 amide bonds. The summed E-state index contributed by atoms with van der Waals surface area (Å²) in [7, 11) is 0. The molecule has 2 atom stereocenters. The molecule has 3 heterocycles. The maximum atomic E-state index is 13.9. The summed E-state index contributed by atoms with van der Waals surface area (Å²) in [5, 5.41) is 2.93. The zero-order valence-electron chi connectivity index (χ0n) is 11.5. The molecular formula is C14H17F2N3O2. The number of nitrogens with zero attached hydrogens (tertiary/aromatic N) is 2. The molecule has 5 nitrogen and oxygen atoms in total. The van der Waals surface area contributed by atoms with E-state index in [1.807, 2.05) is 0 Å². The fraction of sp³-hybridized carbons (Fsp3) is 0.571. The topological polar surface area (TPSA) is 54.5 Å². The van der Waals surface area contributed by atoms with E-state index in [-0.39, 0.29) is 31.4 Å². The first-order valence-corrected chi connectivity index (χ1v) is 7.05. The van der Waals surface area contributed by atoms with Crippen LogP contribution in [0.25, 0.3) is 0 Å². The van der Waals surface area contributed by atoms with Crippen molar-refractivity contribution in [3.8, 4) is 5.75 Å². The summed E-state index contributed by atoms with van der Waals surface area (Å²) < 4.78 is 32.9. The standard InChI is InChI=1S/C14H17F2N3O2/c15-11-6-17-2-1-10(11)14(20)19-3-4-21-13-9(8-19)5-18-7-12(13)16/h5,7,10-11,17H,1-4,6,8H2/t10?,11-/m0/s1. The fourth-order valence-electron chi connectivity index (χ4n) is 2.80. The number of pyridine rings is 1. The Bertz CT molecular complexity index is 541. The number of halogens is 2. The molecular weight excluding hydrogens is 280 g/mol. The number of carbonyl (C=O) groups is 1. The summed E-state index contributed by atoms with van der Waals surface area (Å²) >= 11 is 0. The molecule has 1 saturated heterocycles. The minimum Gasteiger partial charge on any atom is -0.488 e. The minimum atomic E-state index is -1.18. The van der Waals surface area contributed by atoms with Crippen molar-refractivity contribution in [2.45, 2.75) is 19.1 Å². The van der Waals surface area contributed by atoms with Gasteiger partial charge in [0, 0.05) is 18.3 Å². The molecule has 0 radical (unpaired) electrons. The first kappa shape index (κ1) is 14.2. The highest BCUT2D eigenvalue weighted by Crippen LogP contribution is 2.27. The van der Waals surface area contributed by atoms with Crippen LogP contribution in [0.15, 0.2) is 12.4 Å². The normalized spacial score (nSPS) is 25.7. The second kappa shape index (κ2) is 5.93. The molecule has 0 bridgehead atoms. The molecule has 114 valence electrons. The van der Waals surface area contributed by atoms with Crippen LogP contribution >= 0.6 is 0 Å². The monoisotopic (exact) mass is 297 g/mol. The molecule has 1 unspecified atom stereocenters. The summed E-state index contributed by atoms with van der Waals surface area (Å²) in [6.07, 6.45) is 1.87. The van der Waals surface area contributed by atoms with Gasteiger partial charge in [0.25, 0.3) is 0 Å². The highest BCUT2D eigenvalue weighted by atomic mass is 19.1. The van der Waals surface area contributed by atoms with Crippen LogP contribution in [0.3, 0.4) is 0 Å². The second-order valence-electron chi connectivity index (χ2n) is 5.33. The maximum absolute atomic E-state index is 13.9. The van der Waals surface area contributed by atoms with Crippen LogP contribution in [0, 0.1) is 11.7 Å². The van der Waals surface area contributed by atoms with E-state index in [1.165, 1.54) is 11.1 Å². The van der Waals surface area contributed by atoms with Crippen molar-refractivity contribution in [1.29, 1.82) is 0 Å². The minimum absolute atomic E-state index is 0.141. The van der Waals surface area contributed by atoms with Crippen LogP contribution < -0.4 is 10.1 Å². The third-order valence-electron chi connectivity index (χ3n) is 3.93. The number of nitrogens with one attached hydrogen (secondary N) is 1. The Morgan fingerprint density at radius 2 is 2.33 bits per heavy atom. The molecule has 1 aromatic rings. The number of amides is 1. The smallest absolute Gasteiger partial charge is 0.229 e. The summed E-state index contributed by atoms with van der Waals surface area (Å²) in [6, 6.07) is 0. The number of alkyl halides is 1. The van der Waals surface area contributed by atoms with E-state index in [2.05, 4.69) is 10.3 Å². The van der Waals surface area contributed by atoms with Gasteiger partial charge in [0.05, 0.1) is 25.2 Å². The number of carbonyl (C=O) groups excluding carboxylic acids is 1. The van der Waals surface area contributed by atoms with Crippen molar-refractivity contribution < 1.29 is 18.3 Å². The highest BCUT2D eigenvalue weighted by Gasteiger charge is 2.35. The number of aromatic nitrogens is 1. The van der Waals surface area contributed by atoms with Crippen LogP contribution in [-0.2, 0) is 11.3 Å². The maximum Gasteiger partial charge on any atom is 0.229 e. The molecule has 7 heteroatoms. The summed E-state index contributed by atoms with van der Waals surface area (Å²) in [4.78, 5) is 17.8. The van der Waals surface area contributed by atoms with Crippen molar-refractivity contribution in [2.75, 3.05) is 26.2 Å². The third kappa shape index (κ3) is 2.83. The third-order valence-corrected chi connectivity index (χ3v) is 3.93. The van der Waals surface area contributed by atoms with Gasteiger partial charge in [-0.25, -0.2) is 8.78 Å². The summed E-state index contributed by atoms with van der Waals surface area (Å²) in [6.45, 7) is 1.56. The van der Waals surface area contributed by atoms with Crippen molar-refractivity contribution in [2.24, 2.45) is 5.92 Å². The van der Waals surface area contributed by atoms with E-state index >= 15 is 0 Å². The van der Waals surface area contributed by atoms with Crippen molar-refractivity contribution >= 4 is 5.91 Å². The van der Waals surface area contributed by atoms with Gasteiger partial charge < -0.3 is 15.0 Å². The lowest BCUT2D eigenvalue weighted by Gasteiger charge is -2.30. The molecule has 1 fully saturated rings.